The zero-order chi connectivity index (χ0) is 13.0. The number of hydrogen-bond donors (Lipinski definition) is 1. The molecule has 0 aromatic heterocycles. The lowest BCUT2D eigenvalue weighted by Gasteiger charge is -2.43. The van der Waals surface area contributed by atoms with Crippen molar-refractivity contribution in [2.75, 3.05) is 26.8 Å². The molecule has 0 radical (unpaired) electrons. The highest BCUT2D eigenvalue weighted by Gasteiger charge is 2.33. The molecule has 2 rings (SSSR count). The van der Waals surface area contributed by atoms with Gasteiger partial charge in [-0.3, -0.25) is 4.90 Å². The van der Waals surface area contributed by atoms with E-state index in [1.165, 1.54) is 25.7 Å². The highest BCUT2D eigenvalue weighted by molar-refractivity contribution is 4.90. The molecule has 18 heavy (non-hydrogen) atoms. The molecule has 0 aromatic carbocycles. The predicted octanol–water partition coefficient (Wildman–Crippen LogP) is 2.26. The summed E-state index contributed by atoms with van der Waals surface area (Å²) < 4.78 is 5.71. The second kappa shape index (κ2) is 6.88. The van der Waals surface area contributed by atoms with Crippen LogP contribution < -0.4 is 5.32 Å². The molecule has 106 valence electrons. The molecule has 3 heteroatoms. The number of ether oxygens (including phenoxy) is 1. The van der Waals surface area contributed by atoms with Gasteiger partial charge in [-0.05, 0) is 51.6 Å². The third-order valence-corrected chi connectivity index (χ3v) is 4.88. The second-order valence-corrected chi connectivity index (χ2v) is 6.17. The zero-order valence-electron chi connectivity index (χ0n) is 12.3. The summed E-state index contributed by atoms with van der Waals surface area (Å²) in [4.78, 5) is 2.61. The van der Waals surface area contributed by atoms with E-state index in [-0.39, 0.29) is 0 Å². The maximum atomic E-state index is 5.71. The molecular formula is C15H30N2O. The molecule has 1 heterocycles. The van der Waals surface area contributed by atoms with Gasteiger partial charge in [-0.15, -0.1) is 0 Å². The summed E-state index contributed by atoms with van der Waals surface area (Å²) in [6, 6.07) is 1.96. The minimum atomic E-state index is 0.567. The van der Waals surface area contributed by atoms with Crippen molar-refractivity contribution >= 4 is 0 Å². The molecule has 0 amide bonds. The van der Waals surface area contributed by atoms with Crippen LogP contribution in [-0.4, -0.2) is 49.8 Å². The van der Waals surface area contributed by atoms with E-state index in [1.807, 2.05) is 0 Å². The van der Waals surface area contributed by atoms with Crippen LogP contribution in [-0.2, 0) is 4.74 Å². The molecule has 2 aliphatic rings. The summed E-state index contributed by atoms with van der Waals surface area (Å²) in [7, 11) is 2.31. The van der Waals surface area contributed by atoms with E-state index in [2.05, 4.69) is 31.1 Å². The van der Waals surface area contributed by atoms with Gasteiger partial charge in [-0.25, -0.2) is 0 Å². The smallest absolute Gasteiger partial charge is 0.0637 e. The maximum absolute atomic E-state index is 5.71. The van der Waals surface area contributed by atoms with Gasteiger partial charge in [-0.2, -0.15) is 0 Å². The SMILES string of the molecule is CCNC1CCOCC1N(C)C1CCC(C)CC1. The average molecular weight is 254 g/mol. The van der Waals surface area contributed by atoms with Gasteiger partial charge in [-0.1, -0.05) is 13.8 Å². The molecule has 3 nitrogen and oxygen atoms in total. The monoisotopic (exact) mass is 254 g/mol. The third kappa shape index (κ3) is 3.46. The van der Waals surface area contributed by atoms with Gasteiger partial charge < -0.3 is 10.1 Å². The fourth-order valence-electron chi connectivity index (χ4n) is 3.55. The molecule has 2 unspecified atom stereocenters. The Morgan fingerprint density at radius 3 is 2.56 bits per heavy atom. The van der Waals surface area contributed by atoms with Crippen molar-refractivity contribution in [3.05, 3.63) is 0 Å². The molecule has 1 aliphatic carbocycles. The third-order valence-electron chi connectivity index (χ3n) is 4.88. The van der Waals surface area contributed by atoms with Crippen molar-refractivity contribution in [3.63, 3.8) is 0 Å². The van der Waals surface area contributed by atoms with E-state index in [0.717, 1.165) is 38.1 Å². The predicted molar refractivity (Wildman–Crippen MR) is 75.9 cm³/mol. The van der Waals surface area contributed by atoms with Gasteiger partial charge in [0.15, 0.2) is 0 Å². The lowest BCUT2D eigenvalue weighted by molar-refractivity contribution is -0.0156. The average Bonchev–Trinajstić information content (AvgIpc) is 2.40. The molecule has 1 N–H and O–H groups in total. The van der Waals surface area contributed by atoms with Crippen LogP contribution in [0, 0.1) is 5.92 Å². The molecule has 2 atom stereocenters. The molecular weight excluding hydrogens is 224 g/mol. The standard InChI is InChI=1S/C15H30N2O/c1-4-16-14-9-10-18-11-15(14)17(3)13-7-5-12(2)6-8-13/h12-16H,4-11H2,1-3H3. The summed E-state index contributed by atoms with van der Waals surface area (Å²) in [6.07, 6.45) is 6.69. The van der Waals surface area contributed by atoms with Crippen molar-refractivity contribution in [2.45, 2.75) is 64.1 Å². The lowest BCUT2D eigenvalue weighted by Crippen LogP contribution is -2.57. The van der Waals surface area contributed by atoms with E-state index in [4.69, 9.17) is 4.74 Å². The van der Waals surface area contributed by atoms with Gasteiger partial charge in [0.25, 0.3) is 0 Å². The fourth-order valence-corrected chi connectivity index (χ4v) is 3.55. The Kier molecular flexibility index (Phi) is 5.46. The summed E-state index contributed by atoms with van der Waals surface area (Å²) >= 11 is 0. The van der Waals surface area contributed by atoms with Crippen LogP contribution in [0.3, 0.4) is 0 Å². The normalized spacial score (nSPS) is 38.0. The number of nitrogens with one attached hydrogen (secondary N) is 1. The first kappa shape index (κ1) is 14.3. The Morgan fingerprint density at radius 2 is 1.89 bits per heavy atom. The van der Waals surface area contributed by atoms with Crippen molar-refractivity contribution in [1.29, 1.82) is 0 Å². The van der Waals surface area contributed by atoms with Crippen LogP contribution in [0.25, 0.3) is 0 Å². The van der Waals surface area contributed by atoms with Crippen LogP contribution in [0.15, 0.2) is 0 Å². The van der Waals surface area contributed by atoms with E-state index in [0.29, 0.717) is 12.1 Å². The van der Waals surface area contributed by atoms with E-state index < -0.39 is 0 Å². The van der Waals surface area contributed by atoms with Crippen molar-refractivity contribution in [2.24, 2.45) is 5.92 Å². The quantitative estimate of drug-likeness (QED) is 0.833. The van der Waals surface area contributed by atoms with E-state index in [1.54, 1.807) is 0 Å². The van der Waals surface area contributed by atoms with Crippen LogP contribution >= 0.6 is 0 Å². The number of likely N-dealkylation sites (N-methyl/N-ethyl adjacent to an activating group) is 2. The molecule has 1 saturated heterocycles. The first-order valence-corrected chi connectivity index (χ1v) is 7.75. The highest BCUT2D eigenvalue weighted by Crippen LogP contribution is 2.28. The zero-order valence-corrected chi connectivity index (χ0v) is 12.3. The van der Waals surface area contributed by atoms with Gasteiger partial charge in [0.05, 0.1) is 6.61 Å². The minimum absolute atomic E-state index is 0.567. The Morgan fingerprint density at radius 1 is 1.17 bits per heavy atom. The Hall–Kier alpha value is -0.120. The van der Waals surface area contributed by atoms with Gasteiger partial charge in [0.2, 0.25) is 0 Å². The number of rotatable bonds is 4. The summed E-state index contributed by atoms with van der Waals surface area (Å²) in [5.41, 5.74) is 0. The first-order valence-electron chi connectivity index (χ1n) is 7.75. The Bertz CT molecular complexity index is 237. The summed E-state index contributed by atoms with van der Waals surface area (Å²) in [6.45, 7) is 7.48. The largest absolute Gasteiger partial charge is 0.380 e. The minimum Gasteiger partial charge on any atom is -0.380 e. The molecule has 0 bridgehead atoms. The first-order chi connectivity index (χ1) is 8.72. The Balaban J connectivity index is 1.90. The van der Waals surface area contributed by atoms with Crippen molar-refractivity contribution in [3.8, 4) is 0 Å². The maximum Gasteiger partial charge on any atom is 0.0637 e. The van der Waals surface area contributed by atoms with E-state index in [9.17, 15) is 0 Å². The highest BCUT2D eigenvalue weighted by atomic mass is 16.5. The van der Waals surface area contributed by atoms with Gasteiger partial charge in [0.1, 0.15) is 0 Å². The fraction of sp³-hybridized carbons (Fsp3) is 1.00. The molecule has 0 aromatic rings. The van der Waals surface area contributed by atoms with Gasteiger partial charge in [0, 0.05) is 24.7 Å². The number of hydrogen-bond acceptors (Lipinski definition) is 3. The van der Waals surface area contributed by atoms with Crippen LogP contribution in [0.4, 0.5) is 0 Å². The molecule has 1 saturated carbocycles. The summed E-state index contributed by atoms with van der Waals surface area (Å²) in [5.74, 6) is 0.932. The van der Waals surface area contributed by atoms with Crippen LogP contribution in [0.5, 0.6) is 0 Å². The van der Waals surface area contributed by atoms with Crippen LogP contribution in [0.2, 0.25) is 0 Å². The molecule has 0 spiro atoms. The topological polar surface area (TPSA) is 24.5 Å². The molecule has 1 aliphatic heterocycles. The lowest BCUT2D eigenvalue weighted by atomic mass is 9.85. The second-order valence-electron chi connectivity index (χ2n) is 6.17. The van der Waals surface area contributed by atoms with Crippen LogP contribution in [0.1, 0.15) is 46.0 Å². The van der Waals surface area contributed by atoms with Crippen molar-refractivity contribution < 1.29 is 4.74 Å². The van der Waals surface area contributed by atoms with Crippen molar-refractivity contribution in [1.82, 2.24) is 10.2 Å². The Labute approximate surface area is 112 Å². The van der Waals surface area contributed by atoms with Gasteiger partial charge >= 0.3 is 0 Å². The number of nitrogens with zero attached hydrogens (tertiary/aromatic N) is 1. The molecule has 2 fully saturated rings. The van der Waals surface area contributed by atoms with E-state index >= 15 is 0 Å². The summed E-state index contributed by atoms with van der Waals surface area (Å²) in [5, 5.41) is 3.64.